The van der Waals surface area contributed by atoms with Gasteiger partial charge in [0.2, 0.25) is 5.91 Å². The van der Waals surface area contributed by atoms with Crippen LogP contribution in [0.3, 0.4) is 0 Å². The van der Waals surface area contributed by atoms with Crippen LogP contribution in [0.2, 0.25) is 0 Å². The molecule has 4 aromatic rings. The normalized spacial score (nSPS) is 13.7. The summed E-state index contributed by atoms with van der Waals surface area (Å²) in [6.07, 6.45) is 1.98. The number of hydrogen-bond donors (Lipinski definition) is 0. The average Bonchev–Trinajstić information content (AvgIpc) is 3.52. The maximum Gasteiger partial charge on any atom is 0.254 e. The van der Waals surface area contributed by atoms with Gasteiger partial charge in [0.15, 0.2) is 0 Å². The number of carbonyl (C=O) groups excluding carboxylic acids is 2. The fraction of sp³-hybridized carbons (Fsp3) is 0.273. The van der Waals surface area contributed by atoms with E-state index in [1.54, 1.807) is 42.2 Å². The molecule has 9 heteroatoms. The van der Waals surface area contributed by atoms with Crippen LogP contribution >= 0.6 is 0 Å². The van der Waals surface area contributed by atoms with E-state index in [2.05, 4.69) is 4.57 Å². The number of aromatic nitrogens is 1. The molecule has 9 nitrogen and oxygen atoms in total. The van der Waals surface area contributed by atoms with E-state index in [0.29, 0.717) is 28.6 Å². The Labute approximate surface area is 245 Å². The van der Waals surface area contributed by atoms with Gasteiger partial charge in [0.05, 0.1) is 45.5 Å². The van der Waals surface area contributed by atoms with E-state index in [0.717, 1.165) is 22.6 Å². The molecule has 218 valence electrons. The molecule has 0 fully saturated rings. The lowest BCUT2D eigenvalue weighted by Crippen LogP contribution is -2.48. The molecule has 1 atom stereocenters. The van der Waals surface area contributed by atoms with Crippen LogP contribution in [0.5, 0.6) is 23.0 Å². The molecule has 0 aliphatic carbocycles. The smallest absolute Gasteiger partial charge is 0.254 e. The van der Waals surface area contributed by atoms with Crippen LogP contribution in [-0.2, 0) is 4.79 Å². The summed E-state index contributed by atoms with van der Waals surface area (Å²) >= 11 is 0. The van der Waals surface area contributed by atoms with E-state index >= 15 is 0 Å². The van der Waals surface area contributed by atoms with Gasteiger partial charge in [-0.2, -0.15) is 0 Å². The fourth-order valence-corrected chi connectivity index (χ4v) is 5.42. The van der Waals surface area contributed by atoms with E-state index < -0.39 is 6.04 Å². The number of amides is 2. The molecular weight excluding hydrogens is 534 g/mol. The zero-order valence-corrected chi connectivity index (χ0v) is 24.7. The van der Waals surface area contributed by atoms with Gasteiger partial charge in [-0.3, -0.25) is 14.5 Å². The number of fused-ring (bicyclic) bond motifs is 3. The second-order valence-electron chi connectivity index (χ2n) is 10.2. The molecule has 1 aromatic heterocycles. The zero-order valence-electron chi connectivity index (χ0n) is 24.7. The lowest BCUT2D eigenvalue weighted by Gasteiger charge is -2.40. The van der Waals surface area contributed by atoms with Crippen molar-refractivity contribution >= 4 is 17.5 Å². The van der Waals surface area contributed by atoms with E-state index in [4.69, 9.17) is 18.9 Å². The summed E-state index contributed by atoms with van der Waals surface area (Å²) in [7, 11) is 6.27. The first kappa shape index (κ1) is 28.6. The number of ether oxygens (including phenoxy) is 4. The van der Waals surface area contributed by atoms with Gasteiger partial charge < -0.3 is 28.4 Å². The van der Waals surface area contributed by atoms with Crippen molar-refractivity contribution in [3.05, 3.63) is 95.8 Å². The summed E-state index contributed by atoms with van der Waals surface area (Å²) in [5.74, 6) is 1.68. The lowest BCUT2D eigenvalue weighted by molar-refractivity contribution is -0.120. The van der Waals surface area contributed by atoms with Crippen LogP contribution in [0, 0.1) is 0 Å². The minimum absolute atomic E-state index is 0.159. The van der Waals surface area contributed by atoms with Crippen LogP contribution in [0.4, 0.5) is 5.69 Å². The molecule has 0 radical (unpaired) electrons. The molecule has 42 heavy (non-hydrogen) atoms. The summed E-state index contributed by atoms with van der Waals surface area (Å²) in [5, 5.41) is 0. The van der Waals surface area contributed by atoms with Gasteiger partial charge in [-0.15, -0.1) is 0 Å². The molecular formula is C33H35N3O6. The van der Waals surface area contributed by atoms with Crippen molar-refractivity contribution in [1.82, 2.24) is 9.47 Å². The van der Waals surface area contributed by atoms with E-state index in [1.165, 1.54) is 14.2 Å². The van der Waals surface area contributed by atoms with Crippen molar-refractivity contribution < 1.29 is 28.5 Å². The molecule has 0 saturated carbocycles. The third kappa shape index (κ3) is 5.13. The Morgan fingerprint density at radius 3 is 2.07 bits per heavy atom. The Morgan fingerprint density at radius 1 is 0.786 bits per heavy atom. The maximum absolute atomic E-state index is 14.5. The zero-order chi connectivity index (χ0) is 30.0. The van der Waals surface area contributed by atoms with Gasteiger partial charge in [0.1, 0.15) is 35.6 Å². The first-order chi connectivity index (χ1) is 20.3. The average molecular weight is 570 g/mol. The van der Waals surface area contributed by atoms with Gasteiger partial charge in [-0.1, -0.05) is 12.1 Å². The molecule has 5 rings (SSSR count). The van der Waals surface area contributed by atoms with Crippen LogP contribution < -0.4 is 23.8 Å². The molecule has 1 unspecified atom stereocenters. The van der Waals surface area contributed by atoms with Gasteiger partial charge in [0.25, 0.3) is 5.91 Å². The largest absolute Gasteiger partial charge is 0.497 e. The first-order valence-corrected chi connectivity index (χ1v) is 13.7. The fourth-order valence-electron chi connectivity index (χ4n) is 5.42. The third-order valence-corrected chi connectivity index (χ3v) is 7.51. The third-order valence-electron chi connectivity index (χ3n) is 7.51. The molecule has 2 amide bonds. The molecule has 0 saturated heterocycles. The number of carbonyl (C=O) groups is 2. The summed E-state index contributed by atoms with van der Waals surface area (Å²) in [4.78, 5) is 31.7. The van der Waals surface area contributed by atoms with Crippen LogP contribution in [-0.4, -0.2) is 62.3 Å². The number of anilines is 1. The molecule has 0 bridgehead atoms. The van der Waals surface area contributed by atoms with Crippen molar-refractivity contribution in [3.63, 3.8) is 0 Å². The summed E-state index contributed by atoms with van der Waals surface area (Å²) in [6, 6.07) is 21.4. The molecule has 3 aromatic carbocycles. The van der Waals surface area contributed by atoms with Gasteiger partial charge in [-0.25, -0.2) is 0 Å². The Bertz CT molecular complexity index is 1590. The highest BCUT2D eigenvalue weighted by molar-refractivity contribution is 6.03. The number of rotatable bonds is 9. The Hall–Kier alpha value is -4.92. The van der Waals surface area contributed by atoms with E-state index in [1.807, 2.05) is 74.6 Å². The summed E-state index contributed by atoms with van der Waals surface area (Å²) in [6.45, 7) is 3.62. The van der Waals surface area contributed by atoms with Crippen LogP contribution in [0.1, 0.15) is 41.5 Å². The minimum Gasteiger partial charge on any atom is -0.497 e. The molecule has 2 heterocycles. The van der Waals surface area contributed by atoms with Crippen LogP contribution in [0.15, 0.2) is 79.0 Å². The van der Waals surface area contributed by atoms with E-state index in [9.17, 15) is 9.59 Å². The van der Waals surface area contributed by atoms with Crippen molar-refractivity contribution in [1.29, 1.82) is 0 Å². The predicted octanol–water partition coefficient (Wildman–Crippen LogP) is 5.50. The second-order valence-corrected chi connectivity index (χ2v) is 10.2. The Morgan fingerprint density at radius 2 is 1.45 bits per heavy atom. The first-order valence-electron chi connectivity index (χ1n) is 13.7. The van der Waals surface area contributed by atoms with Gasteiger partial charge in [0, 0.05) is 29.4 Å². The topological polar surface area (TPSA) is 82.5 Å². The predicted molar refractivity (Wildman–Crippen MR) is 160 cm³/mol. The lowest BCUT2D eigenvalue weighted by atomic mass is 9.96. The SMILES string of the molecule is COc1cc(OC)cc(C(=O)N(CC(=O)N2c3ccccc3-n3cccc3C2c2cc(OC)ccc2OC)C(C)C)c1. The molecule has 0 spiro atoms. The van der Waals surface area contributed by atoms with Crippen LogP contribution in [0.25, 0.3) is 5.69 Å². The van der Waals surface area contributed by atoms with E-state index in [-0.39, 0.29) is 24.4 Å². The Balaban J connectivity index is 1.61. The number of para-hydroxylation sites is 2. The van der Waals surface area contributed by atoms with Crippen molar-refractivity contribution in [3.8, 4) is 28.7 Å². The highest BCUT2D eigenvalue weighted by Gasteiger charge is 2.39. The molecule has 1 aliphatic heterocycles. The number of hydrogen-bond acceptors (Lipinski definition) is 6. The minimum atomic E-state index is -0.548. The van der Waals surface area contributed by atoms with Crippen molar-refractivity contribution in [2.45, 2.75) is 25.9 Å². The standard InChI is InChI=1S/C33H35N3O6/c1-21(2)35(33(38)22-16-24(40-4)18-25(17-22)41-5)20-31(37)36-28-11-8-7-10-27(28)34-15-9-12-29(34)32(36)26-19-23(39-3)13-14-30(26)42-6/h7-19,21,32H,20H2,1-6H3. The summed E-state index contributed by atoms with van der Waals surface area (Å²) in [5.41, 5.74) is 3.60. The quantitative estimate of drug-likeness (QED) is 0.265. The highest BCUT2D eigenvalue weighted by atomic mass is 16.5. The van der Waals surface area contributed by atoms with Crippen molar-refractivity contribution in [2.75, 3.05) is 39.9 Å². The number of nitrogens with zero attached hydrogens (tertiary/aromatic N) is 3. The van der Waals surface area contributed by atoms with Crippen molar-refractivity contribution in [2.24, 2.45) is 0 Å². The maximum atomic E-state index is 14.5. The second kappa shape index (κ2) is 11.9. The van der Waals surface area contributed by atoms with Gasteiger partial charge >= 0.3 is 0 Å². The monoisotopic (exact) mass is 569 g/mol. The van der Waals surface area contributed by atoms with Gasteiger partial charge in [-0.05, 0) is 68.4 Å². The molecule has 1 aliphatic rings. The summed E-state index contributed by atoms with van der Waals surface area (Å²) < 4.78 is 24.2. The number of methoxy groups -OCH3 is 4. The highest BCUT2D eigenvalue weighted by Crippen LogP contribution is 2.45. The molecule has 0 N–H and O–H groups in total. The number of benzene rings is 3. The Kier molecular flexibility index (Phi) is 8.10.